The molecule has 0 unspecified atom stereocenters. The molecule has 0 saturated carbocycles. The van der Waals surface area contributed by atoms with Crippen molar-refractivity contribution in [3.05, 3.63) is 30.3 Å². The Morgan fingerprint density at radius 2 is 2.00 bits per heavy atom. The maximum atomic E-state index is 12.3. The lowest BCUT2D eigenvalue weighted by Crippen LogP contribution is -2.46. The molecular formula is C15H23N3O2. The van der Waals surface area contributed by atoms with Crippen LogP contribution in [0.25, 0.3) is 0 Å². The Labute approximate surface area is 119 Å². The monoisotopic (exact) mass is 277 g/mol. The number of aliphatic hydroxyl groups excluding tert-OH is 1. The lowest BCUT2D eigenvalue weighted by Gasteiger charge is -2.21. The van der Waals surface area contributed by atoms with Gasteiger partial charge in [0.1, 0.15) is 0 Å². The van der Waals surface area contributed by atoms with E-state index in [4.69, 9.17) is 5.11 Å². The molecule has 2 rings (SSSR count). The summed E-state index contributed by atoms with van der Waals surface area (Å²) in [6.07, 6.45) is 0. The molecule has 1 amide bonds. The first-order chi connectivity index (χ1) is 9.61. The van der Waals surface area contributed by atoms with Crippen LogP contribution in [0.5, 0.6) is 0 Å². The molecule has 5 heteroatoms. The highest BCUT2D eigenvalue weighted by molar-refractivity contribution is 5.94. The Morgan fingerprint density at radius 3 is 2.55 bits per heavy atom. The molecular weight excluding hydrogens is 254 g/mol. The first kappa shape index (κ1) is 15.0. The molecule has 0 radical (unpaired) electrons. The predicted octanol–water partition coefficient (Wildman–Crippen LogP) is 0.572. The molecule has 0 aromatic heterocycles. The third-order valence-corrected chi connectivity index (χ3v) is 3.55. The molecule has 1 aromatic carbocycles. The normalized spacial score (nSPS) is 22.6. The summed E-state index contributed by atoms with van der Waals surface area (Å²) >= 11 is 0. The fourth-order valence-corrected chi connectivity index (χ4v) is 2.23. The van der Waals surface area contributed by atoms with Gasteiger partial charge in [-0.3, -0.25) is 4.79 Å². The van der Waals surface area contributed by atoms with Gasteiger partial charge in [0.2, 0.25) is 5.91 Å². The minimum absolute atomic E-state index is 0.0209. The van der Waals surface area contributed by atoms with Crippen molar-refractivity contribution in [2.45, 2.75) is 32.0 Å². The summed E-state index contributed by atoms with van der Waals surface area (Å²) in [5.74, 6) is 0.178. The summed E-state index contributed by atoms with van der Waals surface area (Å²) in [5.41, 5.74) is 0.808. The Morgan fingerprint density at radius 1 is 1.30 bits per heavy atom. The SMILES string of the molecule is CC(C)[C@H](NC[C@H]1N[C@@H]1CO)C(=O)Nc1ccccc1. The van der Waals surface area contributed by atoms with Crippen LogP contribution in [0.4, 0.5) is 5.69 Å². The highest BCUT2D eigenvalue weighted by atomic mass is 16.3. The van der Waals surface area contributed by atoms with E-state index >= 15 is 0 Å². The maximum Gasteiger partial charge on any atom is 0.241 e. The van der Waals surface area contributed by atoms with E-state index in [2.05, 4.69) is 16.0 Å². The van der Waals surface area contributed by atoms with Gasteiger partial charge in [-0.15, -0.1) is 0 Å². The van der Waals surface area contributed by atoms with Gasteiger partial charge in [-0.1, -0.05) is 32.0 Å². The molecule has 1 fully saturated rings. The summed E-state index contributed by atoms with van der Waals surface area (Å²) < 4.78 is 0. The highest BCUT2D eigenvalue weighted by Crippen LogP contribution is 2.12. The number of rotatable bonds is 7. The number of nitrogens with one attached hydrogen (secondary N) is 3. The van der Waals surface area contributed by atoms with Gasteiger partial charge < -0.3 is 21.1 Å². The van der Waals surface area contributed by atoms with E-state index in [0.29, 0.717) is 6.54 Å². The number of anilines is 1. The van der Waals surface area contributed by atoms with E-state index in [1.165, 1.54) is 0 Å². The first-order valence-electron chi connectivity index (χ1n) is 7.08. The van der Waals surface area contributed by atoms with E-state index in [0.717, 1.165) is 5.69 Å². The number of benzene rings is 1. The summed E-state index contributed by atoms with van der Waals surface area (Å²) in [4.78, 5) is 12.3. The van der Waals surface area contributed by atoms with Crippen molar-refractivity contribution in [1.82, 2.24) is 10.6 Å². The average Bonchev–Trinajstić information content (AvgIpc) is 3.18. The average molecular weight is 277 g/mol. The van der Waals surface area contributed by atoms with Crippen LogP contribution in [0.1, 0.15) is 13.8 Å². The number of amides is 1. The molecule has 1 aromatic rings. The van der Waals surface area contributed by atoms with Gasteiger partial charge in [-0.25, -0.2) is 0 Å². The van der Waals surface area contributed by atoms with Crippen LogP contribution in [0.15, 0.2) is 30.3 Å². The van der Waals surface area contributed by atoms with Crippen molar-refractivity contribution in [2.24, 2.45) is 5.92 Å². The molecule has 0 aliphatic carbocycles. The maximum absolute atomic E-state index is 12.3. The number of carbonyl (C=O) groups is 1. The molecule has 1 aliphatic rings. The van der Waals surface area contributed by atoms with Crippen LogP contribution in [-0.4, -0.2) is 42.3 Å². The zero-order valence-corrected chi connectivity index (χ0v) is 12.0. The van der Waals surface area contributed by atoms with Crippen LogP contribution in [-0.2, 0) is 4.79 Å². The van der Waals surface area contributed by atoms with E-state index in [-0.39, 0.29) is 36.6 Å². The minimum Gasteiger partial charge on any atom is -0.395 e. The standard InChI is InChI=1S/C15H23N3O2/c1-10(2)14(16-8-12-13(9-19)18-12)15(20)17-11-6-4-3-5-7-11/h3-7,10,12-14,16,18-19H,8-9H2,1-2H3,(H,17,20)/t12-,13-,14+/m1/s1. The zero-order chi connectivity index (χ0) is 14.5. The summed E-state index contributed by atoms with van der Waals surface area (Å²) in [6.45, 7) is 4.88. The molecule has 5 nitrogen and oxygen atoms in total. The Bertz CT molecular complexity index is 436. The Hall–Kier alpha value is -1.43. The van der Waals surface area contributed by atoms with Crippen LogP contribution < -0.4 is 16.0 Å². The number of hydrogen-bond donors (Lipinski definition) is 4. The zero-order valence-electron chi connectivity index (χ0n) is 12.0. The van der Waals surface area contributed by atoms with E-state index in [1.807, 2.05) is 44.2 Å². The fraction of sp³-hybridized carbons (Fsp3) is 0.533. The molecule has 0 spiro atoms. The molecule has 1 aliphatic heterocycles. The third-order valence-electron chi connectivity index (χ3n) is 3.55. The molecule has 4 N–H and O–H groups in total. The molecule has 20 heavy (non-hydrogen) atoms. The van der Waals surface area contributed by atoms with Crippen LogP contribution in [0.2, 0.25) is 0 Å². The number of carbonyl (C=O) groups excluding carboxylic acids is 1. The van der Waals surface area contributed by atoms with Gasteiger partial charge >= 0.3 is 0 Å². The second-order valence-corrected chi connectivity index (χ2v) is 5.55. The van der Waals surface area contributed by atoms with Crippen LogP contribution in [0, 0.1) is 5.92 Å². The van der Waals surface area contributed by atoms with Gasteiger partial charge in [0.25, 0.3) is 0 Å². The second kappa shape index (κ2) is 6.83. The van der Waals surface area contributed by atoms with Crippen molar-refractivity contribution in [2.75, 3.05) is 18.5 Å². The van der Waals surface area contributed by atoms with E-state index < -0.39 is 0 Å². The minimum atomic E-state index is -0.239. The van der Waals surface area contributed by atoms with Gasteiger partial charge in [0.15, 0.2) is 0 Å². The largest absolute Gasteiger partial charge is 0.395 e. The van der Waals surface area contributed by atoms with E-state index in [9.17, 15) is 4.79 Å². The summed E-state index contributed by atoms with van der Waals surface area (Å²) in [7, 11) is 0. The smallest absolute Gasteiger partial charge is 0.241 e. The van der Waals surface area contributed by atoms with Crippen LogP contribution >= 0.6 is 0 Å². The molecule has 0 bridgehead atoms. The fourth-order valence-electron chi connectivity index (χ4n) is 2.23. The van der Waals surface area contributed by atoms with Crippen molar-refractivity contribution in [3.8, 4) is 0 Å². The number of hydrogen-bond acceptors (Lipinski definition) is 4. The van der Waals surface area contributed by atoms with Crippen molar-refractivity contribution >= 4 is 11.6 Å². The van der Waals surface area contributed by atoms with E-state index in [1.54, 1.807) is 0 Å². The second-order valence-electron chi connectivity index (χ2n) is 5.55. The highest BCUT2D eigenvalue weighted by Gasteiger charge is 2.36. The van der Waals surface area contributed by atoms with Gasteiger partial charge in [0, 0.05) is 24.3 Å². The van der Waals surface area contributed by atoms with Crippen molar-refractivity contribution < 1.29 is 9.90 Å². The lowest BCUT2D eigenvalue weighted by atomic mass is 10.0. The number of aliphatic hydroxyl groups is 1. The first-order valence-corrected chi connectivity index (χ1v) is 7.08. The molecule has 3 atom stereocenters. The van der Waals surface area contributed by atoms with Gasteiger partial charge in [-0.05, 0) is 18.1 Å². The number of para-hydroxylation sites is 1. The Balaban J connectivity index is 1.86. The quantitative estimate of drug-likeness (QED) is 0.549. The third kappa shape index (κ3) is 4.03. The van der Waals surface area contributed by atoms with Gasteiger partial charge in [0.05, 0.1) is 12.6 Å². The Kier molecular flexibility index (Phi) is 5.11. The van der Waals surface area contributed by atoms with Crippen molar-refractivity contribution in [3.63, 3.8) is 0 Å². The predicted molar refractivity (Wildman–Crippen MR) is 79.5 cm³/mol. The summed E-state index contributed by atoms with van der Waals surface area (Å²) in [5, 5.41) is 18.3. The van der Waals surface area contributed by atoms with Crippen LogP contribution in [0.3, 0.4) is 0 Å². The summed E-state index contributed by atoms with van der Waals surface area (Å²) in [6, 6.07) is 9.66. The molecule has 1 saturated heterocycles. The molecule has 110 valence electrons. The lowest BCUT2D eigenvalue weighted by molar-refractivity contribution is -0.119. The topological polar surface area (TPSA) is 83.3 Å². The van der Waals surface area contributed by atoms with Gasteiger partial charge in [-0.2, -0.15) is 0 Å². The molecule has 1 heterocycles. The van der Waals surface area contributed by atoms with Crippen molar-refractivity contribution in [1.29, 1.82) is 0 Å².